The van der Waals surface area contributed by atoms with E-state index in [2.05, 4.69) is 253 Å². The van der Waals surface area contributed by atoms with E-state index in [1.165, 1.54) is 90.5 Å². The van der Waals surface area contributed by atoms with E-state index in [9.17, 15) is 0 Å². The highest BCUT2D eigenvalue weighted by atomic mass is 32.1. The number of allylic oxidation sites excluding steroid dienone is 5. The molecule has 12 aromatic rings. The summed E-state index contributed by atoms with van der Waals surface area (Å²) in [7, 11) is -3.03. The van der Waals surface area contributed by atoms with Crippen LogP contribution in [0, 0.1) is 0 Å². The molecule has 0 bridgehead atoms. The third-order valence-corrected chi connectivity index (χ3v) is 19.2. The summed E-state index contributed by atoms with van der Waals surface area (Å²) in [6, 6.07) is 78.8. The van der Waals surface area contributed by atoms with Gasteiger partial charge in [-0.3, -0.25) is 0 Å². The van der Waals surface area contributed by atoms with Crippen molar-refractivity contribution in [3.63, 3.8) is 0 Å². The summed E-state index contributed by atoms with van der Waals surface area (Å²) in [5.41, 5.74) is 9.46. The monoisotopic (exact) mass is 864 g/mol. The third-order valence-electron chi connectivity index (χ3n) is 13.3. The first kappa shape index (κ1) is 38.9. The molecule has 0 radical (unpaired) electrons. The van der Waals surface area contributed by atoms with Crippen LogP contribution in [-0.2, 0) is 0 Å². The number of hydrogen-bond donors (Lipinski definition) is 0. The van der Waals surface area contributed by atoms with E-state index >= 15 is 0 Å². The lowest BCUT2D eigenvalue weighted by atomic mass is 10.0. The van der Waals surface area contributed by atoms with Crippen LogP contribution >= 0.6 is 11.3 Å². The second-order valence-electron chi connectivity index (χ2n) is 16.9. The lowest BCUT2D eigenvalue weighted by molar-refractivity contribution is 1.17. The molecule has 1 atom stereocenters. The highest BCUT2D eigenvalue weighted by Gasteiger charge is 2.42. The molecule has 0 aliphatic heterocycles. The molecule has 0 aliphatic carbocycles. The Labute approximate surface area is 383 Å². The molecule has 2 nitrogen and oxygen atoms in total. The van der Waals surface area contributed by atoms with Crippen molar-refractivity contribution in [3.05, 3.63) is 248 Å². The molecule has 3 aromatic heterocycles. The zero-order valence-electron chi connectivity index (χ0n) is 36.0. The Balaban J connectivity index is 1.07. The summed E-state index contributed by atoms with van der Waals surface area (Å²) in [5, 5.41) is 12.6. The zero-order chi connectivity index (χ0) is 43.5. The Morgan fingerprint density at radius 2 is 0.954 bits per heavy atom. The van der Waals surface area contributed by atoms with Gasteiger partial charge in [-0.05, 0) is 100 Å². The first-order valence-corrected chi connectivity index (χ1v) is 25.1. The van der Waals surface area contributed by atoms with E-state index < -0.39 is 8.07 Å². The molecule has 65 heavy (non-hydrogen) atoms. The van der Waals surface area contributed by atoms with Crippen molar-refractivity contribution >= 4 is 98.8 Å². The van der Waals surface area contributed by atoms with E-state index in [-0.39, 0.29) is 0 Å². The molecule has 3 heterocycles. The van der Waals surface area contributed by atoms with Gasteiger partial charge in [0.15, 0.2) is 8.07 Å². The quantitative estimate of drug-likeness (QED) is 0.0777. The maximum atomic E-state index is 5.00. The van der Waals surface area contributed by atoms with Crippen molar-refractivity contribution in [2.45, 2.75) is 6.92 Å². The van der Waals surface area contributed by atoms with Gasteiger partial charge in [0.2, 0.25) is 0 Å². The Morgan fingerprint density at radius 1 is 0.415 bits per heavy atom. The third kappa shape index (κ3) is 6.21. The van der Waals surface area contributed by atoms with E-state index in [1.807, 2.05) is 11.3 Å². The molecule has 0 N–H and O–H groups in total. The number of benzene rings is 9. The van der Waals surface area contributed by atoms with Gasteiger partial charge in [0.25, 0.3) is 0 Å². The molecule has 9 aromatic carbocycles. The summed E-state index contributed by atoms with van der Waals surface area (Å²) in [6.45, 7) is 7.06. The van der Waals surface area contributed by atoms with Gasteiger partial charge in [-0.25, -0.2) is 0 Å². The number of aromatic nitrogens is 2. The lowest BCUT2D eigenvalue weighted by Gasteiger charge is -2.35. The standard InChI is InChI=1S/C61H44N2SSi/c1-3-4-6-19-42(2)65(47-22-7-5-8-23-47,48-24-17-20-43(38-48)44-34-37-61-55(39-44)53-29-12-16-33-60(53)64-61)49-25-18-21-45(40-49)62-58-32-15-11-28-52(58)54-41-46(35-36-59(54)62)63-56-30-13-9-26-50(56)51-27-10-14-31-57(51)63/h3-41H,2H2,1H3/b4-3-,19-6-. The topological polar surface area (TPSA) is 9.86 Å². The van der Waals surface area contributed by atoms with Gasteiger partial charge in [-0.1, -0.05) is 182 Å². The number of hydrogen-bond acceptors (Lipinski definition) is 1. The lowest BCUT2D eigenvalue weighted by Crippen LogP contribution is -2.68. The second kappa shape index (κ2) is 15.8. The average molecular weight is 865 g/mol. The van der Waals surface area contributed by atoms with Crippen LogP contribution in [0.25, 0.3) is 86.3 Å². The Morgan fingerprint density at radius 3 is 1.66 bits per heavy atom. The first-order valence-electron chi connectivity index (χ1n) is 22.3. The van der Waals surface area contributed by atoms with Crippen LogP contribution in [0.15, 0.2) is 248 Å². The Hall–Kier alpha value is -7.76. The van der Waals surface area contributed by atoms with E-state index in [0.717, 1.165) is 16.6 Å². The minimum absolute atomic E-state index is 1.12. The molecule has 0 aliphatic rings. The van der Waals surface area contributed by atoms with E-state index in [4.69, 9.17) is 6.58 Å². The van der Waals surface area contributed by atoms with Crippen molar-refractivity contribution in [1.29, 1.82) is 0 Å². The van der Waals surface area contributed by atoms with Crippen LogP contribution in [-0.4, -0.2) is 17.2 Å². The van der Waals surface area contributed by atoms with Crippen molar-refractivity contribution in [1.82, 2.24) is 9.13 Å². The fraction of sp³-hybridized carbons (Fsp3) is 0.0164. The van der Waals surface area contributed by atoms with Gasteiger partial charge in [-0.15, -0.1) is 11.3 Å². The van der Waals surface area contributed by atoms with Crippen LogP contribution in [0.4, 0.5) is 0 Å². The van der Waals surface area contributed by atoms with Crippen molar-refractivity contribution < 1.29 is 0 Å². The van der Waals surface area contributed by atoms with Gasteiger partial charge >= 0.3 is 0 Å². The smallest absolute Gasteiger partial charge is 0.179 e. The summed E-state index contributed by atoms with van der Waals surface area (Å²) in [4.78, 5) is 0. The maximum absolute atomic E-state index is 5.00. The molecule has 0 fully saturated rings. The van der Waals surface area contributed by atoms with Crippen LogP contribution < -0.4 is 15.6 Å². The van der Waals surface area contributed by atoms with Crippen LogP contribution in [0.3, 0.4) is 0 Å². The van der Waals surface area contributed by atoms with Gasteiger partial charge in [0.1, 0.15) is 0 Å². The van der Waals surface area contributed by atoms with E-state index in [1.54, 1.807) is 0 Å². The summed E-state index contributed by atoms with van der Waals surface area (Å²) < 4.78 is 7.51. The number of fused-ring (bicyclic) bond motifs is 9. The van der Waals surface area contributed by atoms with Gasteiger partial charge < -0.3 is 9.13 Å². The fourth-order valence-corrected chi connectivity index (χ4v) is 16.1. The molecule has 308 valence electrons. The van der Waals surface area contributed by atoms with Gasteiger partial charge in [0.05, 0.1) is 22.1 Å². The van der Waals surface area contributed by atoms with Crippen LogP contribution in [0.2, 0.25) is 0 Å². The van der Waals surface area contributed by atoms with Crippen LogP contribution in [0.1, 0.15) is 6.92 Å². The largest absolute Gasteiger partial charge is 0.309 e. The second-order valence-corrected chi connectivity index (χ2v) is 21.8. The molecule has 4 heteroatoms. The Bertz CT molecular complexity index is 3830. The molecular weight excluding hydrogens is 821 g/mol. The predicted molar refractivity (Wildman–Crippen MR) is 284 cm³/mol. The highest BCUT2D eigenvalue weighted by Crippen LogP contribution is 2.38. The fourth-order valence-electron chi connectivity index (χ4n) is 10.4. The molecule has 0 saturated carbocycles. The predicted octanol–water partition coefficient (Wildman–Crippen LogP) is 14.6. The van der Waals surface area contributed by atoms with E-state index in [0.29, 0.717) is 0 Å². The molecular formula is C61H44N2SSi. The average Bonchev–Trinajstić information content (AvgIpc) is 4.02. The minimum atomic E-state index is -3.03. The van der Waals surface area contributed by atoms with Gasteiger partial charge in [0, 0.05) is 53.1 Å². The maximum Gasteiger partial charge on any atom is 0.179 e. The number of thiophene rings is 1. The van der Waals surface area contributed by atoms with Crippen molar-refractivity contribution in [2.24, 2.45) is 0 Å². The summed E-state index contributed by atoms with van der Waals surface area (Å²) >= 11 is 1.86. The first-order chi connectivity index (χ1) is 32.1. The van der Waals surface area contributed by atoms with Gasteiger partial charge in [-0.2, -0.15) is 0 Å². The zero-order valence-corrected chi connectivity index (χ0v) is 37.8. The number of nitrogens with zero attached hydrogens (tertiary/aromatic N) is 2. The molecule has 12 rings (SSSR count). The van der Waals surface area contributed by atoms with Crippen molar-refractivity contribution in [3.8, 4) is 22.5 Å². The Kier molecular flexibility index (Phi) is 9.45. The minimum Gasteiger partial charge on any atom is -0.309 e. The molecule has 0 spiro atoms. The molecule has 1 unspecified atom stereocenters. The molecule has 0 saturated heterocycles. The number of rotatable bonds is 9. The summed E-state index contributed by atoms with van der Waals surface area (Å²) in [5.74, 6) is 0. The molecule has 0 amide bonds. The highest BCUT2D eigenvalue weighted by molar-refractivity contribution is 7.25. The van der Waals surface area contributed by atoms with Crippen LogP contribution in [0.5, 0.6) is 0 Å². The summed E-state index contributed by atoms with van der Waals surface area (Å²) in [6.07, 6.45) is 8.58. The normalized spacial score (nSPS) is 13.1. The van der Waals surface area contributed by atoms with Crippen molar-refractivity contribution in [2.75, 3.05) is 0 Å². The number of para-hydroxylation sites is 3. The SMILES string of the molecule is C=C(/C=C\C=C/C)[Si](c1ccccc1)(c1cccc(-c2ccc3sc4ccccc4c3c2)c1)c1cccc(-n2c3ccccc3c3cc(-n4c5ccccc5c5ccccc54)ccc32)c1.